The van der Waals surface area contributed by atoms with E-state index in [-0.39, 0.29) is 6.10 Å². The standard InChI is InChI=1S/C13H23NO3/c1-2-14-13(12(15)16)7-3-4-11(8-13)17-9-10-5-6-10/h10-11,14H,2-9H2,1H3,(H,15,16). The number of hydrogen-bond donors (Lipinski definition) is 2. The van der Waals surface area contributed by atoms with Crippen LogP contribution in [0.1, 0.15) is 45.4 Å². The van der Waals surface area contributed by atoms with Crippen molar-refractivity contribution in [3.63, 3.8) is 0 Å². The SMILES string of the molecule is CCNC1(C(=O)O)CCCC(OCC2CC2)C1. The Labute approximate surface area is 103 Å². The van der Waals surface area contributed by atoms with E-state index in [1.165, 1.54) is 12.8 Å². The largest absolute Gasteiger partial charge is 0.480 e. The average Bonchev–Trinajstić information content (AvgIpc) is 3.11. The number of rotatable bonds is 6. The fraction of sp³-hybridized carbons (Fsp3) is 0.923. The first kappa shape index (κ1) is 12.8. The lowest BCUT2D eigenvalue weighted by Gasteiger charge is -2.38. The third-order valence-electron chi connectivity index (χ3n) is 3.89. The molecule has 2 aliphatic rings. The zero-order chi connectivity index (χ0) is 12.3. The van der Waals surface area contributed by atoms with Crippen LogP contribution in [0.15, 0.2) is 0 Å². The van der Waals surface area contributed by atoms with Gasteiger partial charge in [0.05, 0.1) is 6.10 Å². The number of nitrogens with one attached hydrogen (secondary N) is 1. The number of aliphatic carboxylic acids is 1. The quantitative estimate of drug-likeness (QED) is 0.744. The van der Waals surface area contributed by atoms with Crippen molar-refractivity contribution in [3.05, 3.63) is 0 Å². The van der Waals surface area contributed by atoms with Crippen molar-refractivity contribution in [2.45, 2.75) is 57.1 Å². The van der Waals surface area contributed by atoms with Crippen LogP contribution in [-0.4, -0.2) is 35.9 Å². The first-order valence-electron chi connectivity index (χ1n) is 6.76. The number of ether oxygens (including phenoxy) is 1. The van der Waals surface area contributed by atoms with Crippen molar-refractivity contribution >= 4 is 5.97 Å². The molecule has 0 spiro atoms. The van der Waals surface area contributed by atoms with Gasteiger partial charge in [0.25, 0.3) is 0 Å². The van der Waals surface area contributed by atoms with Gasteiger partial charge in [-0.2, -0.15) is 0 Å². The number of carboxylic acid groups (broad SMARTS) is 1. The highest BCUT2D eigenvalue weighted by Gasteiger charge is 2.42. The van der Waals surface area contributed by atoms with E-state index in [4.69, 9.17) is 4.74 Å². The molecule has 2 unspecified atom stereocenters. The normalized spacial score (nSPS) is 33.6. The predicted octanol–water partition coefficient (Wildman–Crippen LogP) is 1.79. The molecule has 0 saturated heterocycles. The minimum atomic E-state index is -0.749. The Bertz CT molecular complexity index is 274. The summed E-state index contributed by atoms with van der Waals surface area (Å²) in [5.41, 5.74) is -0.749. The monoisotopic (exact) mass is 241 g/mol. The second-order valence-corrected chi connectivity index (χ2v) is 5.41. The maximum atomic E-state index is 11.4. The van der Waals surface area contributed by atoms with Crippen LogP contribution in [0.3, 0.4) is 0 Å². The number of carboxylic acids is 1. The highest BCUT2D eigenvalue weighted by molar-refractivity contribution is 5.79. The zero-order valence-electron chi connectivity index (χ0n) is 10.6. The van der Waals surface area contributed by atoms with Crippen molar-refractivity contribution in [1.82, 2.24) is 5.32 Å². The van der Waals surface area contributed by atoms with Gasteiger partial charge in [-0.1, -0.05) is 6.92 Å². The molecule has 0 heterocycles. The molecule has 98 valence electrons. The Morgan fingerprint density at radius 2 is 2.24 bits per heavy atom. The van der Waals surface area contributed by atoms with Gasteiger partial charge in [-0.3, -0.25) is 4.79 Å². The summed E-state index contributed by atoms with van der Waals surface area (Å²) in [5, 5.41) is 12.6. The summed E-state index contributed by atoms with van der Waals surface area (Å²) in [7, 11) is 0. The molecule has 0 aromatic rings. The molecule has 0 aromatic carbocycles. The molecule has 2 atom stereocenters. The van der Waals surface area contributed by atoms with E-state index in [1.807, 2.05) is 6.92 Å². The van der Waals surface area contributed by atoms with Gasteiger partial charge < -0.3 is 15.2 Å². The summed E-state index contributed by atoms with van der Waals surface area (Å²) in [6.07, 6.45) is 5.97. The lowest BCUT2D eigenvalue weighted by Crippen LogP contribution is -2.56. The average molecular weight is 241 g/mol. The Morgan fingerprint density at radius 3 is 2.82 bits per heavy atom. The molecule has 0 bridgehead atoms. The zero-order valence-corrected chi connectivity index (χ0v) is 10.6. The Kier molecular flexibility index (Phi) is 4.05. The van der Waals surface area contributed by atoms with Crippen molar-refractivity contribution in [2.75, 3.05) is 13.2 Å². The smallest absolute Gasteiger partial charge is 0.323 e. The highest BCUT2D eigenvalue weighted by Crippen LogP contribution is 2.34. The van der Waals surface area contributed by atoms with Crippen LogP contribution >= 0.6 is 0 Å². The van der Waals surface area contributed by atoms with Crippen LogP contribution in [0.5, 0.6) is 0 Å². The maximum absolute atomic E-state index is 11.4. The van der Waals surface area contributed by atoms with Gasteiger partial charge in [0.2, 0.25) is 0 Å². The van der Waals surface area contributed by atoms with E-state index >= 15 is 0 Å². The molecule has 2 aliphatic carbocycles. The van der Waals surface area contributed by atoms with Crippen LogP contribution in [0.4, 0.5) is 0 Å². The molecular formula is C13H23NO3. The van der Waals surface area contributed by atoms with Crippen molar-refractivity contribution in [3.8, 4) is 0 Å². The van der Waals surface area contributed by atoms with E-state index in [9.17, 15) is 9.90 Å². The molecule has 2 N–H and O–H groups in total. The lowest BCUT2D eigenvalue weighted by molar-refractivity contribution is -0.149. The minimum Gasteiger partial charge on any atom is -0.480 e. The molecule has 0 aromatic heterocycles. The van der Waals surface area contributed by atoms with Crippen LogP contribution in [0, 0.1) is 5.92 Å². The third kappa shape index (κ3) is 3.19. The molecule has 2 saturated carbocycles. The topological polar surface area (TPSA) is 58.6 Å². The lowest BCUT2D eigenvalue weighted by atomic mass is 9.80. The Morgan fingerprint density at radius 1 is 1.47 bits per heavy atom. The molecule has 0 radical (unpaired) electrons. The second-order valence-electron chi connectivity index (χ2n) is 5.41. The number of carbonyl (C=O) groups is 1. The van der Waals surface area contributed by atoms with E-state index < -0.39 is 11.5 Å². The number of hydrogen-bond acceptors (Lipinski definition) is 3. The maximum Gasteiger partial charge on any atom is 0.323 e. The molecule has 4 heteroatoms. The molecule has 2 rings (SSSR count). The van der Waals surface area contributed by atoms with Crippen LogP contribution < -0.4 is 5.32 Å². The van der Waals surface area contributed by atoms with E-state index in [1.54, 1.807) is 0 Å². The van der Waals surface area contributed by atoms with Crippen LogP contribution in [0.25, 0.3) is 0 Å². The summed E-state index contributed by atoms with van der Waals surface area (Å²) in [6.45, 7) is 3.48. The fourth-order valence-electron chi connectivity index (χ4n) is 2.69. The minimum absolute atomic E-state index is 0.125. The van der Waals surface area contributed by atoms with Crippen LogP contribution in [0.2, 0.25) is 0 Å². The summed E-state index contributed by atoms with van der Waals surface area (Å²) in [6, 6.07) is 0. The van der Waals surface area contributed by atoms with Gasteiger partial charge in [0, 0.05) is 13.0 Å². The van der Waals surface area contributed by atoms with Gasteiger partial charge in [-0.25, -0.2) is 0 Å². The first-order chi connectivity index (χ1) is 8.16. The van der Waals surface area contributed by atoms with Gasteiger partial charge in [0.15, 0.2) is 0 Å². The number of likely N-dealkylation sites (N-methyl/N-ethyl adjacent to an activating group) is 1. The van der Waals surface area contributed by atoms with Crippen molar-refractivity contribution in [1.29, 1.82) is 0 Å². The predicted molar refractivity (Wildman–Crippen MR) is 65.0 cm³/mol. The van der Waals surface area contributed by atoms with Crippen LogP contribution in [-0.2, 0) is 9.53 Å². The first-order valence-corrected chi connectivity index (χ1v) is 6.76. The van der Waals surface area contributed by atoms with Gasteiger partial charge >= 0.3 is 5.97 Å². The van der Waals surface area contributed by atoms with Gasteiger partial charge in [0.1, 0.15) is 5.54 Å². The Hall–Kier alpha value is -0.610. The molecule has 4 nitrogen and oxygen atoms in total. The van der Waals surface area contributed by atoms with E-state index in [0.29, 0.717) is 13.0 Å². The second kappa shape index (κ2) is 5.36. The highest BCUT2D eigenvalue weighted by atomic mass is 16.5. The molecule has 0 aliphatic heterocycles. The van der Waals surface area contributed by atoms with Crippen molar-refractivity contribution < 1.29 is 14.6 Å². The molecular weight excluding hydrogens is 218 g/mol. The molecule has 2 fully saturated rings. The van der Waals surface area contributed by atoms with Gasteiger partial charge in [-0.05, 0) is 44.6 Å². The van der Waals surface area contributed by atoms with E-state index in [0.717, 1.165) is 31.8 Å². The molecule has 0 amide bonds. The van der Waals surface area contributed by atoms with E-state index in [2.05, 4.69) is 5.32 Å². The molecule has 17 heavy (non-hydrogen) atoms. The summed E-state index contributed by atoms with van der Waals surface area (Å²) < 4.78 is 5.86. The third-order valence-corrected chi connectivity index (χ3v) is 3.89. The Balaban J connectivity index is 1.89. The van der Waals surface area contributed by atoms with Gasteiger partial charge in [-0.15, -0.1) is 0 Å². The fourth-order valence-corrected chi connectivity index (χ4v) is 2.69. The summed E-state index contributed by atoms with van der Waals surface area (Å²) in [5.74, 6) is 0.0226. The summed E-state index contributed by atoms with van der Waals surface area (Å²) >= 11 is 0. The van der Waals surface area contributed by atoms with Crippen molar-refractivity contribution in [2.24, 2.45) is 5.92 Å². The summed E-state index contributed by atoms with van der Waals surface area (Å²) in [4.78, 5) is 11.4.